The SMILES string of the molecule is CC.CC.CC.CN=C(C)NC.c1cnc2c(c1)CCCN2.c1cnc2c(c1)OCCN2. The number of pyridine rings is 2. The average molecular weight is 447 g/mol. The molecule has 182 valence electrons. The minimum atomic E-state index is 0.735. The zero-order valence-electron chi connectivity index (χ0n) is 21.7. The fraction of sp³-hybridized carbons (Fsp3) is 0.560. The quantitative estimate of drug-likeness (QED) is 0.358. The van der Waals surface area contributed by atoms with Crippen LogP contribution in [0.1, 0.15) is 60.5 Å². The van der Waals surface area contributed by atoms with Gasteiger partial charge in [0.15, 0.2) is 11.6 Å². The van der Waals surface area contributed by atoms with Gasteiger partial charge in [0.2, 0.25) is 0 Å². The molecule has 7 nitrogen and oxygen atoms in total. The second-order valence-corrected chi connectivity index (χ2v) is 5.73. The molecule has 0 atom stereocenters. The minimum Gasteiger partial charge on any atom is -0.488 e. The summed E-state index contributed by atoms with van der Waals surface area (Å²) in [4.78, 5) is 12.1. The summed E-state index contributed by atoms with van der Waals surface area (Å²) in [6.45, 7) is 16.6. The van der Waals surface area contributed by atoms with Gasteiger partial charge in [0.25, 0.3) is 0 Å². The Morgan fingerprint density at radius 3 is 2.06 bits per heavy atom. The maximum Gasteiger partial charge on any atom is 0.168 e. The summed E-state index contributed by atoms with van der Waals surface area (Å²) in [5.74, 6) is 3.76. The van der Waals surface area contributed by atoms with Crippen molar-refractivity contribution in [1.82, 2.24) is 15.3 Å². The summed E-state index contributed by atoms with van der Waals surface area (Å²) >= 11 is 0. The number of aryl methyl sites for hydroxylation is 1. The molecular formula is C25H46N6O. The lowest BCUT2D eigenvalue weighted by molar-refractivity contribution is 0.321. The van der Waals surface area contributed by atoms with E-state index >= 15 is 0 Å². The Hall–Kier alpha value is -2.83. The Kier molecular flexibility index (Phi) is 22.4. The van der Waals surface area contributed by atoms with Gasteiger partial charge < -0.3 is 20.7 Å². The monoisotopic (exact) mass is 446 g/mol. The van der Waals surface area contributed by atoms with E-state index in [1.54, 1.807) is 13.2 Å². The highest BCUT2D eigenvalue weighted by Gasteiger charge is 2.07. The molecule has 7 heteroatoms. The summed E-state index contributed by atoms with van der Waals surface area (Å²) in [6, 6.07) is 7.90. The zero-order chi connectivity index (χ0) is 24.6. The van der Waals surface area contributed by atoms with Crippen LogP contribution >= 0.6 is 0 Å². The number of anilines is 2. The van der Waals surface area contributed by atoms with E-state index in [1.807, 2.05) is 79.9 Å². The molecule has 3 N–H and O–H groups in total. The van der Waals surface area contributed by atoms with Gasteiger partial charge in [0, 0.05) is 33.0 Å². The van der Waals surface area contributed by atoms with E-state index in [4.69, 9.17) is 4.74 Å². The van der Waals surface area contributed by atoms with Crippen LogP contribution in [0, 0.1) is 0 Å². The highest BCUT2D eigenvalue weighted by atomic mass is 16.5. The number of nitrogens with zero attached hydrogens (tertiary/aromatic N) is 3. The van der Waals surface area contributed by atoms with Gasteiger partial charge in [-0.2, -0.15) is 0 Å². The Balaban J connectivity index is 0. The van der Waals surface area contributed by atoms with Gasteiger partial charge in [-0.15, -0.1) is 0 Å². The molecule has 0 spiro atoms. The van der Waals surface area contributed by atoms with Crippen molar-refractivity contribution in [2.75, 3.05) is 44.4 Å². The molecule has 0 radical (unpaired) electrons. The summed E-state index contributed by atoms with van der Waals surface area (Å²) in [5.41, 5.74) is 1.36. The smallest absolute Gasteiger partial charge is 0.168 e. The van der Waals surface area contributed by atoms with E-state index < -0.39 is 0 Å². The Morgan fingerprint density at radius 2 is 1.53 bits per heavy atom. The number of aliphatic imine (C=N–C) groups is 1. The lowest BCUT2D eigenvalue weighted by Crippen LogP contribution is -2.18. The molecule has 2 aliphatic heterocycles. The first-order valence-electron chi connectivity index (χ1n) is 11.8. The summed E-state index contributed by atoms with van der Waals surface area (Å²) in [6.07, 6.45) is 5.99. The van der Waals surface area contributed by atoms with Gasteiger partial charge in [-0.05, 0) is 43.5 Å². The van der Waals surface area contributed by atoms with Crippen molar-refractivity contribution in [2.45, 2.75) is 61.3 Å². The molecular weight excluding hydrogens is 400 g/mol. The van der Waals surface area contributed by atoms with Crippen LogP contribution in [0.25, 0.3) is 0 Å². The van der Waals surface area contributed by atoms with Crippen LogP contribution in [0.5, 0.6) is 5.75 Å². The summed E-state index contributed by atoms with van der Waals surface area (Å²) in [5, 5.41) is 9.24. The van der Waals surface area contributed by atoms with E-state index in [2.05, 4.69) is 37.0 Å². The third-order valence-corrected chi connectivity index (χ3v) is 3.93. The fourth-order valence-corrected chi connectivity index (χ4v) is 2.37. The van der Waals surface area contributed by atoms with Crippen LogP contribution in [0.2, 0.25) is 0 Å². The van der Waals surface area contributed by atoms with Crippen LogP contribution in [-0.4, -0.2) is 49.6 Å². The second-order valence-electron chi connectivity index (χ2n) is 5.73. The number of fused-ring (bicyclic) bond motifs is 2. The first-order chi connectivity index (χ1) is 15.7. The zero-order valence-corrected chi connectivity index (χ0v) is 21.7. The van der Waals surface area contributed by atoms with E-state index in [-0.39, 0.29) is 0 Å². The minimum absolute atomic E-state index is 0.735. The number of ether oxygens (including phenoxy) is 1. The van der Waals surface area contributed by atoms with Gasteiger partial charge in [-0.25, -0.2) is 9.97 Å². The first-order valence-corrected chi connectivity index (χ1v) is 11.8. The van der Waals surface area contributed by atoms with Crippen molar-refractivity contribution in [3.63, 3.8) is 0 Å². The number of amidine groups is 1. The Labute approximate surface area is 196 Å². The molecule has 32 heavy (non-hydrogen) atoms. The number of hydrogen-bond donors (Lipinski definition) is 3. The molecule has 0 amide bonds. The molecule has 0 unspecified atom stereocenters. The number of nitrogens with one attached hydrogen (secondary N) is 3. The van der Waals surface area contributed by atoms with E-state index in [9.17, 15) is 0 Å². The van der Waals surface area contributed by atoms with Crippen molar-refractivity contribution in [3.8, 4) is 5.75 Å². The van der Waals surface area contributed by atoms with Crippen LogP contribution < -0.4 is 20.7 Å². The molecule has 4 rings (SSSR count). The molecule has 0 aromatic carbocycles. The maximum absolute atomic E-state index is 5.30. The van der Waals surface area contributed by atoms with Gasteiger partial charge in [0.1, 0.15) is 12.4 Å². The van der Waals surface area contributed by atoms with Gasteiger partial charge in [-0.3, -0.25) is 4.99 Å². The molecule has 0 aliphatic carbocycles. The van der Waals surface area contributed by atoms with E-state index in [0.717, 1.165) is 42.9 Å². The molecule has 4 heterocycles. The second kappa shape index (κ2) is 22.8. The molecule has 0 saturated heterocycles. The van der Waals surface area contributed by atoms with Crippen molar-refractivity contribution in [2.24, 2.45) is 4.99 Å². The van der Waals surface area contributed by atoms with Gasteiger partial charge in [0.05, 0.1) is 12.4 Å². The van der Waals surface area contributed by atoms with Crippen molar-refractivity contribution in [1.29, 1.82) is 0 Å². The van der Waals surface area contributed by atoms with E-state index in [1.165, 1.54) is 18.4 Å². The highest BCUT2D eigenvalue weighted by Crippen LogP contribution is 2.22. The summed E-state index contributed by atoms with van der Waals surface area (Å²) in [7, 11) is 3.61. The third kappa shape index (κ3) is 13.5. The standard InChI is InChI=1S/C8H10N2.C7H8N2O.C4H10N2.3C2H6/c1-3-7-4-2-6-10-8(7)9-5-1;1-2-6-7(8-3-1)9-4-5-10-6;1-4(5-2)6-3;3*1-2/h1,3,5H,2,4,6H2,(H,9,10);1-3H,4-5H2,(H,8,9);1-3H3,(H,5,6);3*1-2H3. The molecule has 2 aromatic rings. The fourth-order valence-electron chi connectivity index (χ4n) is 2.37. The number of hydrogen-bond acceptors (Lipinski definition) is 6. The summed E-state index contributed by atoms with van der Waals surface area (Å²) < 4.78 is 5.30. The lowest BCUT2D eigenvalue weighted by atomic mass is 10.1. The maximum atomic E-state index is 5.30. The number of aromatic nitrogens is 2. The molecule has 0 saturated carbocycles. The first kappa shape index (κ1) is 31.4. The Bertz CT molecular complexity index is 605. The third-order valence-electron chi connectivity index (χ3n) is 3.93. The average Bonchev–Trinajstić information content (AvgIpc) is 2.92. The lowest BCUT2D eigenvalue weighted by Gasteiger charge is -2.16. The predicted octanol–water partition coefficient (Wildman–Crippen LogP) is 5.66. The molecule has 0 bridgehead atoms. The normalized spacial score (nSPS) is 12.2. The van der Waals surface area contributed by atoms with Crippen LogP contribution in [0.3, 0.4) is 0 Å². The molecule has 2 aromatic heterocycles. The van der Waals surface area contributed by atoms with E-state index in [0.29, 0.717) is 0 Å². The van der Waals surface area contributed by atoms with Crippen LogP contribution in [0.15, 0.2) is 41.7 Å². The van der Waals surface area contributed by atoms with Crippen LogP contribution in [0.4, 0.5) is 11.6 Å². The number of rotatable bonds is 0. The molecule has 0 fully saturated rings. The molecule has 2 aliphatic rings. The van der Waals surface area contributed by atoms with Crippen molar-refractivity contribution in [3.05, 3.63) is 42.2 Å². The van der Waals surface area contributed by atoms with Crippen LogP contribution in [-0.2, 0) is 6.42 Å². The topological polar surface area (TPSA) is 83.5 Å². The predicted molar refractivity (Wildman–Crippen MR) is 141 cm³/mol. The van der Waals surface area contributed by atoms with Crippen molar-refractivity contribution < 1.29 is 4.74 Å². The largest absolute Gasteiger partial charge is 0.488 e. The highest BCUT2D eigenvalue weighted by molar-refractivity contribution is 5.78. The van der Waals surface area contributed by atoms with Gasteiger partial charge in [-0.1, -0.05) is 47.6 Å². The van der Waals surface area contributed by atoms with Gasteiger partial charge >= 0.3 is 0 Å². The Morgan fingerprint density at radius 1 is 0.938 bits per heavy atom. The van der Waals surface area contributed by atoms with Crippen molar-refractivity contribution >= 4 is 17.5 Å².